The summed E-state index contributed by atoms with van der Waals surface area (Å²) in [5.41, 5.74) is -0.163. The van der Waals surface area contributed by atoms with Gasteiger partial charge >= 0.3 is 5.97 Å². The molecular formula is C9H9ClO5. The van der Waals surface area contributed by atoms with Crippen LogP contribution >= 0.6 is 11.6 Å². The lowest BCUT2D eigenvalue weighted by Crippen LogP contribution is -2.13. The molecule has 1 atom stereocenters. The number of phenols is 2. The summed E-state index contributed by atoms with van der Waals surface area (Å²) >= 11 is 5.50. The Morgan fingerprint density at radius 2 is 2.00 bits per heavy atom. The number of ether oxygens (including phenoxy) is 1. The largest absolute Gasteiger partial charge is 0.504 e. The molecule has 6 heteroatoms. The van der Waals surface area contributed by atoms with Crippen molar-refractivity contribution in [3.63, 3.8) is 0 Å². The van der Waals surface area contributed by atoms with Crippen molar-refractivity contribution in [1.29, 1.82) is 0 Å². The molecule has 1 aromatic carbocycles. The minimum Gasteiger partial charge on any atom is -0.504 e. The molecule has 0 aliphatic rings. The average molecular weight is 233 g/mol. The molecule has 0 aromatic heterocycles. The van der Waals surface area contributed by atoms with Crippen LogP contribution in [0.3, 0.4) is 0 Å². The number of rotatable bonds is 2. The molecule has 0 aliphatic heterocycles. The van der Waals surface area contributed by atoms with Gasteiger partial charge in [0.1, 0.15) is 0 Å². The Hall–Kier alpha value is -1.46. The third-order valence-electron chi connectivity index (χ3n) is 1.85. The number of phenolic OH excluding ortho intramolecular Hbond substituents is 2. The maximum atomic E-state index is 11.0. The van der Waals surface area contributed by atoms with Crippen LogP contribution in [0.15, 0.2) is 12.1 Å². The van der Waals surface area contributed by atoms with Crippen LogP contribution < -0.4 is 0 Å². The van der Waals surface area contributed by atoms with Gasteiger partial charge in [0.15, 0.2) is 17.6 Å². The molecule has 0 spiro atoms. The Balaban J connectivity index is 3.16. The van der Waals surface area contributed by atoms with Gasteiger partial charge < -0.3 is 20.1 Å². The van der Waals surface area contributed by atoms with E-state index in [1.807, 2.05) is 0 Å². The second-order valence-electron chi connectivity index (χ2n) is 2.76. The number of benzene rings is 1. The second kappa shape index (κ2) is 4.37. The Morgan fingerprint density at radius 1 is 1.40 bits per heavy atom. The number of aliphatic hydroxyl groups excluding tert-OH is 1. The van der Waals surface area contributed by atoms with E-state index in [4.69, 9.17) is 11.6 Å². The highest BCUT2D eigenvalue weighted by atomic mass is 35.5. The zero-order valence-corrected chi connectivity index (χ0v) is 8.52. The van der Waals surface area contributed by atoms with E-state index in [-0.39, 0.29) is 10.6 Å². The molecule has 0 saturated heterocycles. The molecule has 0 amide bonds. The van der Waals surface area contributed by atoms with Crippen molar-refractivity contribution >= 4 is 17.6 Å². The van der Waals surface area contributed by atoms with Crippen molar-refractivity contribution in [3.8, 4) is 11.5 Å². The minimum absolute atomic E-state index is 0.0756. The first-order chi connectivity index (χ1) is 6.99. The Kier molecular flexibility index (Phi) is 3.39. The van der Waals surface area contributed by atoms with Crippen LogP contribution in [0.25, 0.3) is 0 Å². The highest BCUT2D eigenvalue weighted by molar-refractivity contribution is 6.32. The van der Waals surface area contributed by atoms with Gasteiger partial charge in [-0.3, -0.25) is 0 Å². The third kappa shape index (κ3) is 2.14. The van der Waals surface area contributed by atoms with Gasteiger partial charge in [-0.1, -0.05) is 17.7 Å². The number of carbonyl (C=O) groups excluding carboxylic acids is 1. The lowest BCUT2D eigenvalue weighted by molar-refractivity contribution is -0.150. The van der Waals surface area contributed by atoms with E-state index in [1.54, 1.807) is 0 Å². The molecule has 3 N–H and O–H groups in total. The van der Waals surface area contributed by atoms with Crippen LogP contribution in [0, 0.1) is 0 Å². The molecule has 0 aliphatic carbocycles. The topological polar surface area (TPSA) is 87.0 Å². The number of aliphatic hydroxyl groups is 1. The normalized spacial score (nSPS) is 12.2. The molecule has 0 bridgehead atoms. The fourth-order valence-electron chi connectivity index (χ4n) is 1.03. The maximum absolute atomic E-state index is 11.0. The van der Waals surface area contributed by atoms with Crippen LogP contribution in [0.1, 0.15) is 11.7 Å². The summed E-state index contributed by atoms with van der Waals surface area (Å²) in [5.74, 6) is -2.16. The van der Waals surface area contributed by atoms with Gasteiger partial charge in [-0.05, 0) is 6.07 Å². The number of carbonyl (C=O) groups is 1. The van der Waals surface area contributed by atoms with Gasteiger partial charge in [-0.15, -0.1) is 0 Å². The fraction of sp³-hybridized carbons (Fsp3) is 0.222. The highest BCUT2D eigenvalue weighted by Gasteiger charge is 2.23. The highest BCUT2D eigenvalue weighted by Crippen LogP contribution is 2.38. The molecule has 15 heavy (non-hydrogen) atoms. The van der Waals surface area contributed by atoms with E-state index >= 15 is 0 Å². The Bertz CT molecular complexity index is 390. The third-order valence-corrected chi connectivity index (χ3v) is 2.16. The zero-order valence-electron chi connectivity index (χ0n) is 7.77. The van der Waals surface area contributed by atoms with Crippen LogP contribution in [-0.2, 0) is 9.53 Å². The van der Waals surface area contributed by atoms with Gasteiger partial charge in [-0.2, -0.15) is 0 Å². The van der Waals surface area contributed by atoms with Gasteiger partial charge in [0.2, 0.25) is 0 Å². The molecule has 82 valence electrons. The molecule has 0 fully saturated rings. The quantitative estimate of drug-likeness (QED) is 0.522. The first-order valence-electron chi connectivity index (χ1n) is 3.95. The Morgan fingerprint density at radius 3 is 2.53 bits per heavy atom. The van der Waals surface area contributed by atoms with Gasteiger partial charge in [0.05, 0.1) is 12.1 Å². The minimum atomic E-state index is -1.65. The van der Waals surface area contributed by atoms with E-state index in [0.717, 1.165) is 7.11 Å². The van der Waals surface area contributed by atoms with Crippen molar-refractivity contribution in [2.45, 2.75) is 6.10 Å². The number of hydrogen-bond donors (Lipinski definition) is 3. The maximum Gasteiger partial charge on any atom is 0.339 e. The molecule has 1 rings (SSSR count). The van der Waals surface area contributed by atoms with Crippen molar-refractivity contribution in [1.82, 2.24) is 0 Å². The monoisotopic (exact) mass is 232 g/mol. The van der Waals surface area contributed by atoms with Crippen LogP contribution in [0.2, 0.25) is 5.02 Å². The van der Waals surface area contributed by atoms with E-state index in [2.05, 4.69) is 4.74 Å². The summed E-state index contributed by atoms with van der Waals surface area (Å²) in [6.07, 6.45) is -1.65. The molecule has 0 heterocycles. The molecule has 0 radical (unpaired) electrons. The lowest BCUT2D eigenvalue weighted by Gasteiger charge is -2.11. The number of aromatic hydroxyl groups is 2. The van der Waals surface area contributed by atoms with E-state index < -0.39 is 23.6 Å². The van der Waals surface area contributed by atoms with E-state index in [1.165, 1.54) is 12.1 Å². The summed E-state index contributed by atoms with van der Waals surface area (Å²) in [7, 11) is 1.10. The van der Waals surface area contributed by atoms with Gasteiger partial charge in [-0.25, -0.2) is 4.79 Å². The molecule has 0 saturated carbocycles. The smallest absolute Gasteiger partial charge is 0.339 e. The fourth-order valence-corrected chi connectivity index (χ4v) is 1.18. The summed E-state index contributed by atoms with van der Waals surface area (Å²) in [5, 5.41) is 28.0. The van der Waals surface area contributed by atoms with Gasteiger partial charge in [0.25, 0.3) is 0 Å². The first-order valence-corrected chi connectivity index (χ1v) is 4.33. The second-order valence-corrected chi connectivity index (χ2v) is 3.17. The Labute approximate surface area is 90.5 Å². The van der Waals surface area contributed by atoms with Crippen LogP contribution in [0.5, 0.6) is 11.5 Å². The van der Waals surface area contributed by atoms with E-state index in [0.29, 0.717) is 0 Å². The SMILES string of the molecule is COC(=O)C(O)c1ccc(Cl)c(O)c1O. The summed E-state index contributed by atoms with van der Waals surface area (Å²) in [6, 6.07) is 2.47. The standard InChI is InChI=1S/C9H9ClO5/c1-15-9(14)7(12)4-2-3-5(10)8(13)6(4)11/h2-3,7,11-13H,1H3. The number of esters is 1. The summed E-state index contributed by atoms with van der Waals surface area (Å²) in [4.78, 5) is 11.0. The van der Waals surface area contributed by atoms with Crippen molar-refractivity contribution in [2.75, 3.05) is 7.11 Å². The summed E-state index contributed by atoms with van der Waals surface area (Å²) < 4.78 is 4.28. The van der Waals surface area contributed by atoms with Crippen LogP contribution in [0.4, 0.5) is 0 Å². The predicted octanol–water partition coefficient (Wildman–Crippen LogP) is 0.958. The average Bonchev–Trinajstić information content (AvgIpc) is 2.24. The zero-order chi connectivity index (χ0) is 11.6. The van der Waals surface area contributed by atoms with Crippen molar-refractivity contribution in [3.05, 3.63) is 22.7 Å². The lowest BCUT2D eigenvalue weighted by atomic mass is 10.1. The number of hydrogen-bond acceptors (Lipinski definition) is 5. The molecular weight excluding hydrogens is 224 g/mol. The molecule has 1 unspecified atom stereocenters. The van der Waals surface area contributed by atoms with Gasteiger partial charge in [0, 0.05) is 5.56 Å². The molecule has 5 nitrogen and oxygen atoms in total. The summed E-state index contributed by atoms with van der Waals surface area (Å²) in [6.45, 7) is 0. The predicted molar refractivity (Wildman–Crippen MR) is 51.8 cm³/mol. The van der Waals surface area contributed by atoms with Crippen molar-refractivity contribution in [2.24, 2.45) is 0 Å². The number of methoxy groups -OCH3 is 1. The first kappa shape index (κ1) is 11.6. The van der Waals surface area contributed by atoms with Crippen molar-refractivity contribution < 1.29 is 24.9 Å². The number of halogens is 1. The molecule has 1 aromatic rings. The van der Waals surface area contributed by atoms with E-state index in [9.17, 15) is 20.1 Å². The van der Waals surface area contributed by atoms with Crippen LogP contribution in [-0.4, -0.2) is 28.4 Å².